The maximum absolute atomic E-state index is 13.6. The van der Waals surface area contributed by atoms with E-state index in [1.807, 2.05) is 0 Å². The van der Waals surface area contributed by atoms with Gasteiger partial charge in [-0.2, -0.15) is 13.2 Å². The number of amides is 1. The van der Waals surface area contributed by atoms with Gasteiger partial charge in [0.15, 0.2) is 0 Å². The van der Waals surface area contributed by atoms with Crippen LogP contribution >= 0.6 is 0 Å². The van der Waals surface area contributed by atoms with Crippen LogP contribution in [0, 0.1) is 0 Å². The van der Waals surface area contributed by atoms with Crippen molar-refractivity contribution in [3.05, 3.63) is 71.1 Å². The molecule has 38 heavy (non-hydrogen) atoms. The molecule has 2 N–H and O–H groups in total. The molecule has 0 fully saturated rings. The number of para-hydroxylation sites is 1. The Bertz CT molecular complexity index is 1350. The van der Waals surface area contributed by atoms with Gasteiger partial charge in [0.05, 0.1) is 29.3 Å². The lowest BCUT2D eigenvalue weighted by Crippen LogP contribution is -2.50. The molecule has 0 saturated carbocycles. The van der Waals surface area contributed by atoms with E-state index in [2.05, 4.69) is 29.8 Å². The van der Waals surface area contributed by atoms with Crippen LogP contribution in [-0.2, 0) is 19.6 Å². The average molecular weight is 569 g/mol. The second kappa shape index (κ2) is 10.3. The van der Waals surface area contributed by atoms with E-state index in [4.69, 9.17) is 4.74 Å². The third-order valence-electron chi connectivity index (χ3n) is 6.19. The van der Waals surface area contributed by atoms with Gasteiger partial charge in [-0.15, -0.1) is 0 Å². The van der Waals surface area contributed by atoms with Gasteiger partial charge in [0.1, 0.15) is 13.3 Å². The smallest absolute Gasteiger partial charge is 0.360 e. The van der Waals surface area contributed by atoms with E-state index in [9.17, 15) is 26.4 Å². The molecule has 1 aromatic rings. The SMILES string of the molecule is C[Si](C)(C)CCOCN1NC=C2C(=O)N(CC(F)(F)F)C3C=C(c4ccccc4NS(C)(=O)=O)C=CC3=C21. The van der Waals surface area contributed by atoms with Crippen molar-refractivity contribution >= 4 is 35.3 Å². The van der Waals surface area contributed by atoms with Gasteiger partial charge >= 0.3 is 6.18 Å². The Kier molecular flexibility index (Phi) is 7.56. The second-order valence-corrected chi connectivity index (χ2v) is 18.0. The van der Waals surface area contributed by atoms with Crippen molar-refractivity contribution in [2.45, 2.75) is 37.9 Å². The van der Waals surface area contributed by atoms with E-state index in [-0.39, 0.29) is 18.0 Å². The number of rotatable bonds is 9. The number of ether oxygens (including phenoxy) is 1. The summed E-state index contributed by atoms with van der Waals surface area (Å²) in [5, 5.41) is 1.63. The van der Waals surface area contributed by atoms with Crippen LogP contribution in [-0.4, -0.2) is 70.7 Å². The minimum absolute atomic E-state index is 0.119. The Morgan fingerprint density at radius 1 is 1.16 bits per heavy atom. The fourth-order valence-electron chi connectivity index (χ4n) is 4.45. The number of benzene rings is 1. The molecule has 13 heteroatoms. The molecule has 1 aromatic carbocycles. The number of carbonyl (C=O) groups is 1. The normalized spacial score (nSPS) is 19.7. The van der Waals surface area contributed by atoms with Crippen LogP contribution in [0.4, 0.5) is 18.9 Å². The summed E-state index contributed by atoms with van der Waals surface area (Å²) in [4.78, 5) is 14.1. The Morgan fingerprint density at radius 3 is 2.53 bits per heavy atom. The van der Waals surface area contributed by atoms with Gasteiger partial charge < -0.3 is 15.1 Å². The molecule has 1 aliphatic carbocycles. The molecule has 0 saturated heterocycles. The predicted octanol–water partition coefficient (Wildman–Crippen LogP) is 4.05. The number of alkyl halides is 3. The third-order valence-corrected chi connectivity index (χ3v) is 8.48. The van der Waals surface area contributed by atoms with Crippen molar-refractivity contribution in [1.29, 1.82) is 0 Å². The van der Waals surface area contributed by atoms with Crippen LogP contribution < -0.4 is 10.1 Å². The molecule has 3 aliphatic rings. The Balaban J connectivity index is 1.72. The van der Waals surface area contributed by atoms with Crippen LogP contribution in [0.15, 0.2) is 65.5 Å². The molecular weight excluding hydrogens is 537 g/mol. The molecular formula is C25H31F3N4O4SSi. The van der Waals surface area contributed by atoms with Crippen molar-refractivity contribution in [1.82, 2.24) is 15.3 Å². The number of anilines is 1. The fraction of sp³-hybridized carbons (Fsp3) is 0.400. The lowest BCUT2D eigenvalue weighted by atomic mass is 9.86. The van der Waals surface area contributed by atoms with Crippen molar-refractivity contribution in [2.75, 3.05) is 30.9 Å². The minimum atomic E-state index is -4.62. The van der Waals surface area contributed by atoms with Gasteiger partial charge in [0.25, 0.3) is 5.91 Å². The zero-order valence-corrected chi connectivity index (χ0v) is 23.4. The molecule has 0 radical (unpaired) electrons. The molecule has 0 bridgehead atoms. The quantitative estimate of drug-likeness (QED) is 0.345. The highest BCUT2D eigenvalue weighted by Gasteiger charge is 2.45. The first-order valence-corrected chi connectivity index (χ1v) is 17.6. The average Bonchev–Trinajstić information content (AvgIpc) is 3.21. The van der Waals surface area contributed by atoms with E-state index in [1.165, 1.54) is 6.20 Å². The van der Waals surface area contributed by atoms with Crippen molar-refractivity contribution in [3.8, 4) is 0 Å². The Labute approximate surface area is 221 Å². The number of nitrogens with one attached hydrogen (secondary N) is 2. The monoisotopic (exact) mass is 568 g/mol. The van der Waals surface area contributed by atoms with E-state index in [0.29, 0.717) is 29.0 Å². The van der Waals surface area contributed by atoms with E-state index < -0.39 is 42.8 Å². The first-order valence-electron chi connectivity index (χ1n) is 12.0. The number of nitrogens with zero attached hydrogens (tertiary/aromatic N) is 2. The molecule has 1 amide bonds. The standard InChI is InChI=1S/C25H31F3N4O4SSi/c1-37(34,35)30-21-8-6-5-7-18(21)17-9-10-19-22(13-17)31(15-25(26,27)28)24(33)20-14-29-32(23(19)20)16-36-11-12-38(2,3)4/h5-10,13-14,22,29-30H,11-12,15-16H2,1-4H3. The van der Waals surface area contributed by atoms with Gasteiger partial charge in [0.2, 0.25) is 10.0 Å². The zero-order chi connectivity index (χ0) is 27.9. The van der Waals surface area contributed by atoms with E-state index in [0.717, 1.165) is 17.2 Å². The number of hydrogen-bond acceptors (Lipinski definition) is 6. The lowest BCUT2D eigenvalue weighted by Gasteiger charge is -2.39. The zero-order valence-electron chi connectivity index (χ0n) is 21.6. The summed E-state index contributed by atoms with van der Waals surface area (Å²) < 4.78 is 72.8. The molecule has 0 spiro atoms. The number of allylic oxidation sites excluding steroid dienone is 2. The number of hydrazine groups is 1. The lowest BCUT2D eigenvalue weighted by molar-refractivity contribution is -0.161. The Morgan fingerprint density at radius 2 is 1.87 bits per heavy atom. The summed E-state index contributed by atoms with van der Waals surface area (Å²) in [5.41, 5.74) is 5.33. The fourth-order valence-corrected chi connectivity index (χ4v) is 5.78. The molecule has 8 nitrogen and oxygen atoms in total. The topological polar surface area (TPSA) is 91.0 Å². The number of halogens is 3. The first-order chi connectivity index (χ1) is 17.6. The van der Waals surface area contributed by atoms with Crippen molar-refractivity contribution < 1.29 is 31.1 Å². The van der Waals surface area contributed by atoms with Gasteiger partial charge in [-0.05, 0) is 23.8 Å². The number of hydrogen-bond donors (Lipinski definition) is 2. The maximum atomic E-state index is 13.6. The van der Waals surface area contributed by atoms with E-state index >= 15 is 0 Å². The van der Waals surface area contributed by atoms with Crippen LogP contribution in [0.5, 0.6) is 0 Å². The molecule has 4 rings (SSSR count). The summed E-state index contributed by atoms with van der Waals surface area (Å²) >= 11 is 0. The Hall–Kier alpha value is -3.03. The summed E-state index contributed by atoms with van der Waals surface area (Å²) in [6.07, 6.45) is 2.76. The van der Waals surface area contributed by atoms with Crippen molar-refractivity contribution in [2.24, 2.45) is 0 Å². The number of sulfonamides is 1. The molecule has 206 valence electrons. The minimum Gasteiger partial charge on any atom is -0.360 e. The highest BCUT2D eigenvalue weighted by molar-refractivity contribution is 7.92. The van der Waals surface area contributed by atoms with Crippen LogP contribution in [0.1, 0.15) is 5.56 Å². The molecule has 0 aromatic heterocycles. The summed E-state index contributed by atoms with van der Waals surface area (Å²) in [5.74, 6) is -0.753. The summed E-state index contributed by atoms with van der Waals surface area (Å²) in [6, 6.07) is 6.51. The van der Waals surface area contributed by atoms with Gasteiger partial charge in [-0.1, -0.05) is 50.0 Å². The number of fused-ring (bicyclic) bond motifs is 2. The molecule has 2 aliphatic heterocycles. The first kappa shape index (κ1) is 28.0. The van der Waals surface area contributed by atoms with Gasteiger partial charge in [-0.25, -0.2) is 8.42 Å². The largest absolute Gasteiger partial charge is 0.406 e. The molecule has 2 heterocycles. The number of carbonyl (C=O) groups excluding carboxylic acids is 1. The van der Waals surface area contributed by atoms with Crippen molar-refractivity contribution in [3.63, 3.8) is 0 Å². The highest BCUT2D eigenvalue weighted by Crippen LogP contribution is 2.40. The summed E-state index contributed by atoms with van der Waals surface area (Å²) in [7, 11) is -4.92. The predicted molar refractivity (Wildman–Crippen MR) is 143 cm³/mol. The van der Waals surface area contributed by atoms with Crippen LogP contribution in [0.3, 0.4) is 0 Å². The van der Waals surface area contributed by atoms with Crippen LogP contribution in [0.25, 0.3) is 5.57 Å². The van der Waals surface area contributed by atoms with E-state index in [1.54, 1.807) is 47.5 Å². The molecule has 1 unspecified atom stereocenters. The molecule has 1 atom stereocenters. The highest BCUT2D eigenvalue weighted by atomic mass is 32.2. The second-order valence-electron chi connectivity index (χ2n) is 10.6. The third kappa shape index (κ3) is 6.50. The van der Waals surface area contributed by atoms with Gasteiger partial charge in [0, 0.05) is 32.0 Å². The van der Waals surface area contributed by atoms with Gasteiger partial charge in [-0.3, -0.25) is 14.5 Å². The maximum Gasteiger partial charge on any atom is 0.406 e. The van der Waals surface area contributed by atoms with Crippen LogP contribution in [0.2, 0.25) is 25.7 Å². The summed E-state index contributed by atoms with van der Waals surface area (Å²) in [6.45, 7) is 5.91.